The van der Waals surface area contributed by atoms with Gasteiger partial charge in [0, 0.05) is 18.7 Å². The van der Waals surface area contributed by atoms with Crippen molar-refractivity contribution in [2.45, 2.75) is 37.8 Å². The van der Waals surface area contributed by atoms with Gasteiger partial charge in [-0.1, -0.05) is 0 Å². The van der Waals surface area contributed by atoms with E-state index in [1.54, 1.807) is 4.90 Å². The van der Waals surface area contributed by atoms with Crippen LogP contribution >= 0.6 is 12.4 Å². The van der Waals surface area contributed by atoms with Gasteiger partial charge in [-0.3, -0.25) is 4.79 Å². The minimum atomic E-state index is -4.38. The first-order valence-electron chi connectivity index (χ1n) is 8.18. The molecule has 1 amide bonds. The van der Waals surface area contributed by atoms with Gasteiger partial charge in [-0.2, -0.15) is 13.2 Å². The van der Waals surface area contributed by atoms with E-state index in [9.17, 15) is 18.0 Å². The lowest BCUT2D eigenvalue weighted by Crippen LogP contribution is -2.29. The zero-order chi connectivity index (χ0) is 16.4. The Morgan fingerprint density at radius 2 is 1.75 bits per heavy atom. The normalized spacial score (nSPS) is 19.2. The molecule has 2 heterocycles. The van der Waals surface area contributed by atoms with E-state index in [1.165, 1.54) is 12.1 Å². The summed E-state index contributed by atoms with van der Waals surface area (Å²) in [4.78, 5) is 14.2. The molecule has 0 saturated carbocycles. The fourth-order valence-electron chi connectivity index (χ4n) is 3.53. The lowest BCUT2D eigenvalue weighted by atomic mass is 9.85. The Balaban J connectivity index is 0.00000208. The van der Waals surface area contributed by atoms with Gasteiger partial charge in [-0.15, -0.1) is 12.4 Å². The van der Waals surface area contributed by atoms with Crippen LogP contribution in [0.15, 0.2) is 18.2 Å². The number of nitrogens with zero attached hydrogens (tertiary/aromatic N) is 1. The average molecular weight is 363 g/mol. The standard InChI is InChI=1S/C17H21F3N2O.ClH/c18-17(19,20)15-4-3-13(16(23)22-9-1-2-10-22)11-14(15)12-5-7-21-8-6-12;/h3-4,11-12,21H,1-2,5-10H2;1H. The molecular weight excluding hydrogens is 341 g/mol. The van der Waals surface area contributed by atoms with E-state index < -0.39 is 11.7 Å². The van der Waals surface area contributed by atoms with Crippen molar-refractivity contribution < 1.29 is 18.0 Å². The van der Waals surface area contributed by atoms with Crippen molar-refractivity contribution in [2.24, 2.45) is 0 Å². The molecule has 24 heavy (non-hydrogen) atoms. The van der Waals surface area contributed by atoms with Crippen molar-refractivity contribution in [3.63, 3.8) is 0 Å². The zero-order valence-electron chi connectivity index (χ0n) is 13.4. The van der Waals surface area contributed by atoms with Crippen LogP contribution in [0, 0.1) is 0 Å². The summed E-state index contributed by atoms with van der Waals surface area (Å²) in [6.45, 7) is 2.82. The molecule has 0 aromatic heterocycles. The number of carbonyl (C=O) groups excluding carboxylic acids is 1. The highest BCUT2D eigenvalue weighted by Crippen LogP contribution is 2.38. The van der Waals surface area contributed by atoms with E-state index >= 15 is 0 Å². The SMILES string of the molecule is Cl.O=C(c1ccc(C(F)(F)F)c(C2CCNCC2)c1)N1CCCC1. The van der Waals surface area contributed by atoms with Crippen LogP contribution in [0.2, 0.25) is 0 Å². The Morgan fingerprint density at radius 3 is 2.33 bits per heavy atom. The molecule has 0 unspecified atom stereocenters. The minimum Gasteiger partial charge on any atom is -0.339 e. The first-order chi connectivity index (χ1) is 11.0. The van der Waals surface area contributed by atoms with Gasteiger partial charge < -0.3 is 10.2 Å². The highest BCUT2D eigenvalue weighted by Gasteiger charge is 2.36. The summed E-state index contributed by atoms with van der Waals surface area (Å²) in [6, 6.07) is 3.90. The Morgan fingerprint density at radius 1 is 1.12 bits per heavy atom. The fourth-order valence-corrected chi connectivity index (χ4v) is 3.53. The third-order valence-corrected chi connectivity index (χ3v) is 4.78. The number of amides is 1. The molecule has 0 aliphatic carbocycles. The summed E-state index contributed by atoms with van der Waals surface area (Å²) in [6.07, 6.45) is -1.11. The third kappa shape index (κ3) is 4.03. The maximum absolute atomic E-state index is 13.3. The van der Waals surface area contributed by atoms with E-state index in [1.807, 2.05) is 0 Å². The highest BCUT2D eigenvalue weighted by atomic mass is 35.5. The highest BCUT2D eigenvalue weighted by molar-refractivity contribution is 5.94. The van der Waals surface area contributed by atoms with Crippen LogP contribution in [0.3, 0.4) is 0 Å². The molecule has 0 bridgehead atoms. The van der Waals surface area contributed by atoms with Gasteiger partial charge in [-0.25, -0.2) is 0 Å². The summed E-state index contributed by atoms with van der Waals surface area (Å²) in [5.41, 5.74) is 0.0693. The predicted octanol–water partition coefficient (Wildman–Crippen LogP) is 3.83. The van der Waals surface area contributed by atoms with Gasteiger partial charge in [-0.05, 0) is 68.5 Å². The molecule has 2 fully saturated rings. The smallest absolute Gasteiger partial charge is 0.339 e. The lowest BCUT2D eigenvalue weighted by Gasteiger charge is -2.26. The van der Waals surface area contributed by atoms with Gasteiger partial charge in [0.05, 0.1) is 5.56 Å². The maximum atomic E-state index is 13.3. The Bertz CT molecular complexity index is 580. The molecule has 1 N–H and O–H groups in total. The number of alkyl halides is 3. The van der Waals surface area contributed by atoms with Crippen LogP contribution in [-0.4, -0.2) is 37.0 Å². The molecule has 3 rings (SSSR count). The fraction of sp³-hybridized carbons (Fsp3) is 0.588. The largest absolute Gasteiger partial charge is 0.416 e. The molecule has 1 aromatic carbocycles. The number of carbonyl (C=O) groups is 1. The number of hydrogen-bond acceptors (Lipinski definition) is 2. The Hall–Kier alpha value is -1.27. The second-order valence-corrected chi connectivity index (χ2v) is 6.32. The van der Waals surface area contributed by atoms with E-state index in [2.05, 4.69) is 5.32 Å². The van der Waals surface area contributed by atoms with Gasteiger partial charge in [0.25, 0.3) is 5.91 Å². The summed E-state index contributed by atoms with van der Waals surface area (Å²) in [7, 11) is 0. The number of likely N-dealkylation sites (tertiary alicyclic amines) is 1. The summed E-state index contributed by atoms with van der Waals surface area (Å²) >= 11 is 0. The van der Waals surface area contributed by atoms with Crippen LogP contribution < -0.4 is 5.32 Å². The van der Waals surface area contributed by atoms with Crippen LogP contribution in [0.4, 0.5) is 13.2 Å². The van der Waals surface area contributed by atoms with Crippen molar-refractivity contribution in [1.82, 2.24) is 10.2 Å². The molecule has 134 valence electrons. The quantitative estimate of drug-likeness (QED) is 0.867. The molecular formula is C17H22ClF3N2O. The predicted molar refractivity (Wildman–Crippen MR) is 88.7 cm³/mol. The summed E-state index contributed by atoms with van der Waals surface area (Å²) in [5, 5.41) is 3.17. The van der Waals surface area contributed by atoms with E-state index in [0.29, 0.717) is 44.6 Å². The topological polar surface area (TPSA) is 32.3 Å². The minimum absolute atomic E-state index is 0. The first-order valence-corrected chi connectivity index (χ1v) is 8.18. The van der Waals surface area contributed by atoms with Gasteiger partial charge in [0.1, 0.15) is 0 Å². The number of benzene rings is 1. The van der Waals surface area contributed by atoms with Crippen LogP contribution in [0.25, 0.3) is 0 Å². The Labute approximate surface area is 146 Å². The number of nitrogens with one attached hydrogen (secondary N) is 1. The number of piperidine rings is 1. The lowest BCUT2D eigenvalue weighted by molar-refractivity contribution is -0.138. The summed E-state index contributed by atoms with van der Waals surface area (Å²) in [5.74, 6) is -0.286. The molecule has 0 atom stereocenters. The zero-order valence-corrected chi connectivity index (χ0v) is 14.2. The second-order valence-electron chi connectivity index (χ2n) is 6.32. The third-order valence-electron chi connectivity index (χ3n) is 4.78. The number of hydrogen-bond donors (Lipinski definition) is 1. The first kappa shape index (κ1) is 19.1. The van der Waals surface area contributed by atoms with Gasteiger partial charge >= 0.3 is 6.18 Å². The monoisotopic (exact) mass is 362 g/mol. The van der Waals surface area contributed by atoms with E-state index in [0.717, 1.165) is 18.9 Å². The van der Waals surface area contributed by atoms with Crippen molar-refractivity contribution in [1.29, 1.82) is 0 Å². The van der Waals surface area contributed by atoms with E-state index in [4.69, 9.17) is 0 Å². The number of rotatable bonds is 2. The molecule has 3 nitrogen and oxygen atoms in total. The molecule has 7 heteroatoms. The number of halogens is 4. The van der Waals surface area contributed by atoms with Crippen LogP contribution in [0.5, 0.6) is 0 Å². The molecule has 1 aromatic rings. The second kappa shape index (κ2) is 7.74. The molecule has 2 aliphatic rings. The van der Waals surface area contributed by atoms with Crippen molar-refractivity contribution in [3.8, 4) is 0 Å². The average Bonchev–Trinajstić information content (AvgIpc) is 3.08. The molecule has 2 aliphatic heterocycles. The van der Waals surface area contributed by atoms with Crippen molar-refractivity contribution in [3.05, 3.63) is 34.9 Å². The van der Waals surface area contributed by atoms with Crippen LogP contribution in [-0.2, 0) is 6.18 Å². The van der Waals surface area contributed by atoms with Crippen LogP contribution in [0.1, 0.15) is 53.1 Å². The van der Waals surface area contributed by atoms with E-state index in [-0.39, 0.29) is 29.8 Å². The molecule has 0 radical (unpaired) electrons. The molecule has 0 spiro atoms. The van der Waals surface area contributed by atoms with Gasteiger partial charge in [0.15, 0.2) is 0 Å². The Kier molecular flexibility index (Phi) is 6.15. The molecule has 2 saturated heterocycles. The summed E-state index contributed by atoms with van der Waals surface area (Å²) < 4.78 is 40.0. The van der Waals surface area contributed by atoms with Crippen molar-refractivity contribution >= 4 is 18.3 Å². The maximum Gasteiger partial charge on any atom is 0.416 e. The van der Waals surface area contributed by atoms with Gasteiger partial charge in [0.2, 0.25) is 0 Å². The van der Waals surface area contributed by atoms with Crippen molar-refractivity contribution in [2.75, 3.05) is 26.2 Å².